The molecular weight excluding hydrogens is 851 g/mol. The Morgan fingerprint density at radius 2 is 1.26 bits per heavy atom. The van der Waals surface area contributed by atoms with Crippen LogP contribution in [0, 0.1) is 0 Å². The maximum Gasteiger partial charge on any atom is 0.326 e. The maximum absolute atomic E-state index is 14.5. The molecular formula is C46H57N11O9. The van der Waals surface area contributed by atoms with Gasteiger partial charge in [-0.25, -0.2) is 4.79 Å². The average molecular weight is 908 g/mol. The van der Waals surface area contributed by atoms with Crippen LogP contribution < -0.4 is 43.8 Å². The van der Waals surface area contributed by atoms with Crippen LogP contribution in [0.4, 0.5) is 0 Å². The van der Waals surface area contributed by atoms with Crippen molar-refractivity contribution in [3.63, 3.8) is 0 Å². The number of guanidine groups is 1. The number of nitrogens with zero attached hydrogens (tertiary/aromatic N) is 2. The summed E-state index contributed by atoms with van der Waals surface area (Å²) in [6.45, 7) is 1.43. The molecule has 1 aliphatic heterocycles. The van der Waals surface area contributed by atoms with Gasteiger partial charge in [0.2, 0.25) is 41.4 Å². The Balaban J connectivity index is 1.38. The molecule has 20 nitrogen and oxygen atoms in total. The van der Waals surface area contributed by atoms with Crippen LogP contribution in [0.2, 0.25) is 0 Å². The van der Waals surface area contributed by atoms with E-state index in [1.807, 2.05) is 24.3 Å². The van der Waals surface area contributed by atoms with Crippen molar-refractivity contribution in [3.05, 3.63) is 108 Å². The van der Waals surface area contributed by atoms with E-state index in [-0.39, 0.29) is 57.6 Å². The van der Waals surface area contributed by atoms with Gasteiger partial charge in [-0.1, -0.05) is 78.9 Å². The number of nitrogens with two attached hydrogens (primary N) is 3. The zero-order chi connectivity index (χ0) is 47.8. The minimum Gasteiger partial charge on any atom is -0.480 e. The van der Waals surface area contributed by atoms with Crippen LogP contribution in [0.1, 0.15) is 55.7 Å². The molecule has 350 valence electrons. The minimum absolute atomic E-state index is 0.0253. The standard InChI is InChI=1S/C46H57N11O9/c1-27(58)52-34(22-28-12-4-2-5-13-28)40(60)56-37(25-39(47)59)44(64)57-21-11-19-38(57)43(63)55-35(23-29-14-6-3-7-15-29)41(61)54-36(24-30-26-51-32-17-9-8-16-31(30)32)42(62)53-33(45(65)66)18-10-20-50-46(48)49/h2-9,12-17,26,33-38,51H,10-11,18-25H2,1H3,(H2,47,59)(H,52,58)(H,53,62)(H,54,61)(H,55,63)(H,56,60)(H,65,66)(H4,48,49,50)/t33-,34-,35-,36-,37-,38-/m0/s1. The summed E-state index contributed by atoms with van der Waals surface area (Å²) in [5, 5.41) is 24.0. The van der Waals surface area contributed by atoms with Gasteiger partial charge in [0.15, 0.2) is 5.96 Å². The Bertz CT molecular complexity index is 2390. The summed E-state index contributed by atoms with van der Waals surface area (Å²) in [7, 11) is 0. The van der Waals surface area contributed by atoms with Crippen molar-refractivity contribution in [2.24, 2.45) is 22.2 Å². The van der Waals surface area contributed by atoms with E-state index in [0.29, 0.717) is 17.5 Å². The Hall–Kier alpha value is -7.77. The first-order valence-corrected chi connectivity index (χ1v) is 21.6. The van der Waals surface area contributed by atoms with Gasteiger partial charge < -0.3 is 58.8 Å². The molecule has 0 radical (unpaired) electrons. The molecule has 5 rings (SSSR count). The van der Waals surface area contributed by atoms with Crippen molar-refractivity contribution in [1.29, 1.82) is 0 Å². The van der Waals surface area contributed by atoms with Crippen molar-refractivity contribution in [1.82, 2.24) is 36.5 Å². The third-order valence-corrected chi connectivity index (χ3v) is 11.0. The number of hydrogen-bond donors (Lipinski definition) is 10. The SMILES string of the molecule is CC(=O)N[C@@H](Cc1ccccc1)C(=O)N[C@@H](CC(N)=O)C(=O)N1CCC[C@H]1C(=O)N[C@@H](Cc1ccccc1)C(=O)N[C@@H](Cc1c[nH]c2ccccc12)C(=O)N[C@@H](CCCN=C(N)N)C(=O)O. The molecule has 20 heteroatoms. The summed E-state index contributed by atoms with van der Waals surface area (Å²) in [5.74, 6) is -6.69. The minimum atomic E-state index is -1.50. The van der Waals surface area contributed by atoms with E-state index in [1.165, 1.54) is 11.8 Å². The molecule has 66 heavy (non-hydrogen) atoms. The third-order valence-electron chi connectivity index (χ3n) is 11.0. The highest BCUT2D eigenvalue weighted by Gasteiger charge is 2.40. The number of carbonyl (C=O) groups is 8. The molecule has 0 aliphatic carbocycles. The van der Waals surface area contributed by atoms with Crippen LogP contribution in [0.5, 0.6) is 0 Å². The topological polar surface area (TPSA) is 326 Å². The van der Waals surface area contributed by atoms with Gasteiger partial charge in [-0.15, -0.1) is 0 Å². The molecule has 1 saturated heterocycles. The number of primary amides is 1. The van der Waals surface area contributed by atoms with E-state index < -0.39 is 90.0 Å². The Morgan fingerprint density at radius 1 is 0.712 bits per heavy atom. The lowest BCUT2D eigenvalue weighted by Crippen LogP contribution is -2.60. The van der Waals surface area contributed by atoms with E-state index in [4.69, 9.17) is 17.2 Å². The van der Waals surface area contributed by atoms with Gasteiger partial charge in [-0.05, 0) is 48.4 Å². The number of aromatic amines is 1. The van der Waals surface area contributed by atoms with Gasteiger partial charge in [0, 0.05) is 56.4 Å². The van der Waals surface area contributed by atoms with Gasteiger partial charge in [0.1, 0.15) is 36.3 Å². The molecule has 3 aromatic carbocycles. The van der Waals surface area contributed by atoms with Gasteiger partial charge in [-0.3, -0.25) is 38.6 Å². The average Bonchev–Trinajstić information content (AvgIpc) is 3.94. The van der Waals surface area contributed by atoms with Crippen molar-refractivity contribution in [2.45, 2.75) is 94.5 Å². The molecule has 0 bridgehead atoms. The molecule has 2 heterocycles. The van der Waals surface area contributed by atoms with E-state index in [2.05, 4.69) is 36.6 Å². The predicted octanol–water partition coefficient (Wildman–Crippen LogP) is -0.356. The number of likely N-dealkylation sites (tertiary alicyclic amines) is 1. The molecule has 1 aromatic heterocycles. The second-order valence-corrected chi connectivity index (χ2v) is 16.1. The number of fused-ring (bicyclic) bond motifs is 1. The molecule has 0 unspecified atom stereocenters. The molecule has 0 saturated carbocycles. The lowest BCUT2D eigenvalue weighted by molar-refractivity contribution is -0.143. The normalized spacial score (nSPS) is 15.5. The Kier molecular flexibility index (Phi) is 17.7. The number of aromatic nitrogens is 1. The fourth-order valence-corrected chi connectivity index (χ4v) is 7.84. The number of rotatable bonds is 23. The fourth-order valence-electron chi connectivity index (χ4n) is 7.84. The predicted molar refractivity (Wildman–Crippen MR) is 244 cm³/mol. The van der Waals surface area contributed by atoms with Crippen molar-refractivity contribution < 1.29 is 43.5 Å². The first-order valence-electron chi connectivity index (χ1n) is 21.6. The summed E-state index contributed by atoms with van der Waals surface area (Å²) in [6.07, 6.45) is 1.78. The highest BCUT2D eigenvalue weighted by atomic mass is 16.4. The number of carbonyl (C=O) groups excluding carboxylic acids is 7. The summed E-state index contributed by atoms with van der Waals surface area (Å²) < 4.78 is 0. The molecule has 1 aliphatic rings. The molecule has 4 aromatic rings. The lowest BCUT2D eigenvalue weighted by Gasteiger charge is -2.30. The molecule has 7 amide bonds. The summed E-state index contributed by atoms with van der Waals surface area (Å²) in [4.78, 5) is 116. The zero-order valence-electron chi connectivity index (χ0n) is 36.5. The van der Waals surface area contributed by atoms with Crippen LogP contribution in [0.15, 0.2) is 96.1 Å². The summed E-state index contributed by atoms with van der Waals surface area (Å²) >= 11 is 0. The van der Waals surface area contributed by atoms with Gasteiger partial charge >= 0.3 is 5.97 Å². The summed E-state index contributed by atoms with van der Waals surface area (Å²) in [5.41, 5.74) is 19.1. The van der Waals surface area contributed by atoms with Crippen LogP contribution in [-0.4, -0.2) is 118 Å². The number of hydrogen-bond acceptors (Lipinski definition) is 9. The first-order chi connectivity index (χ1) is 31.6. The van der Waals surface area contributed by atoms with E-state index >= 15 is 0 Å². The van der Waals surface area contributed by atoms with Crippen molar-refractivity contribution in [3.8, 4) is 0 Å². The van der Waals surface area contributed by atoms with Crippen LogP contribution in [-0.2, 0) is 57.6 Å². The van der Waals surface area contributed by atoms with Crippen LogP contribution in [0.25, 0.3) is 10.9 Å². The van der Waals surface area contributed by atoms with Crippen molar-refractivity contribution in [2.75, 3.05) is 13.1 Å². The fraction of sp³-hybridized carbons (Fsp3) is 0.370. The van der Waals surface area contributed by atoms with Crippen LogP contribution >= 0.6 is 0 Å². The second kappa shape index (κ2) is 23.8. The monoisotopic (exact) mass is 907 g/mol. The number of nitrogens with one attached hydrogen (secondary N) is 6. The lowest BCUT2D eigenvalue weighted by atomic mass is 10.0. The van der Waals surface area contributed by atoms with E-state index in [9.17, 15) is 43.5 Å². The first kappa shape index (κ1) is 49.2. The van der Waals surface area contributed by atoms with Gasteiger partial charge in [-0.2, -0.15) is 0 Å². The molecule has 6 atom stereocenters. The molecule has 13 N–H and O–H groups in total. The Morgan fingerprint density at radius 3 is 1.83 bits per heavy atom. The molecule has 1 fully saturated rings. The highest BCUT2D eigenvalue weighted by Crippen LogP contribution is 2.22. The van der Waals surface area contributed by atoms with E-state index in [1.54, 1.807) is 66.9 Å². The number of carboxylic acid groups (broad SMARTS) is 1. The summed E-state index contributed by atoms with van der Waals surface area (Å²) in [6, 6.07) is 17.2. The smallest absolute Gasteiger partial charge is 0.326 e. The number of amides is 7. The number of aliphatic imine (C=N–C) groups is 1. The quantitative estimate of drug-likeness (QED) is 0.0260. The van der Waals surface area contributed by atoms with Crippen LogP contribution in [0.3, 0.4) is 0 Å². The number of H-pyrrole nitrogens is 1. The Labute approximate surface area is 380 Å². The number of benzene rings is 3. The number of para-hydroxylation sites is 1. The number of carboxylic acids is 1. The van der Waals surface area contributed by atoms with Gasteiger partial charge in [0.05, 0.1) is 6.42 Å². The maximum atomic E-state index is 14.5. The van der Waals surface area contributed by atoms with Crippen molar-refractivity contribution >= 4 is 64.2 Å². The molecule has 0 spiro atoms. The van der Waals surface area contributed by atoms with E-state index in [0.717, 1.165) is 16.5 Å². The number of aliphatic carboxylic acids is 1. The highest BCUT2D eigenvalue weighted by molar-refractivity contribution is 5.98. The second-order valence-electron chi connectivity index (χ2n) is 16.1. The zero-order valence-corrected chi connectivity index (χ0v) is 36.5. The largest absolute Gasteiger partial charge is 0.480 e. The van der Waals surface area contributed by atoms with Gasteiger partial charge in [0.25, 0.3) is 0 Å². The third kappa shape index (κ3) is 14.4.